The van der Waals surface area contributed by atoms with Gasteiger partial charge in [-0.2, -0.15) is 0 Å². The highest BCUT2D eigenvalue weighted by atomic mass is 16.5. The molecule has 170 valence electrons. The van der Waals surface area contributed by atoms with Gasteiger partial charge in [0.25, 0.3) is 0 Å². The van der Waals surface area contributed by atoms with Crippen LogP contribution in [0.15, 0.2) is 12.1 Å². The Morgan fingerprint density at radius 1 is 1.29 bits per heavy atom. The average Bonchev–Trinajstić information content (AvgIpc) is 3.47. The highest BCUT2D eigenvalue weighted by molar-refractivity contribution is 5.62. The van der Waals surface area contributed by atoms with Crippen molar-refractivity contribution in [3.8, 4) is 11.5 Å². The molecule has 2 heterocycles. The number of piperidine rings is 1. The first-order chi connectivity index (χ1) is 14.8. The van der Waals surface area contributed by atoms with Crippen molar-refractivity contribution in [2.75, 3.05) is 20.2 Å². The molecule has 5 nitrogen and oxygen atoms in total. The summed E-state index contributed by atoms with van der Waals surface area (Å²) < 4.78 is 12.8. The molecule has 2 N–H and O–H groups in total. The zero-order valence-corrected chi connectivity index (χ0v) is 19.4. The maximum absolute atomic E-state index is 11.3. The highest BCUT2D eigenvalue weighted by Gasteiger charge is 2.74. The second-order valence-corrected chi connectivity index (χ2v) is 11.5. The number of aliphatic hydroxyl groups is 1. The van der Waals surface area contributed by atoms with Gasteiger partial charge in [0.2, 0.25) is 0 Å². The number of phenols is 1. The minimum Gasteiger partial charge on any atom is -0.504 e. The summed E-state index contributed by atoms with van der Waals surface area (Å²) in [6, 6.07) is 4.40. The largest absolute Gasteiger partial charge is 0.504 e. The van der Waals surface area contributed by atoms with E-state index in [1.165, 1.54) is 30.5 Å². The number of ether oxygens (including phenoxy) is 2. The molecule has 5 heteroatoms. The van der Waals surface area contributed by atoms with E-state index in [0.29, 0.717) is 11.8 Å². The molecule has 1 aromatic carbocycles. The van der Waals surface area contributed by atoms with Crippen LogP contribution in [0.2, 0.25) is 0 Å². The third kappa shape index (κ3) is 2.43. The van der Waals surface area contributed by atoms with E-state index >= 15 is 0 Å². The van der Waals surface area contributed by atoms with Crippen molar-refractivity contribution < 1.29 is 19.7 Å². The van der Waals surface area contributed by atoms with Crippen LogP contribution < -0.4 is 4.74 Å². The zero-order chi connectivity index (χ0) is 21.8. The quantitative estimate of drug-likeness (QED) is 0.751. The van der Waals surface area contributed by atoms with Crippen molar-refractivity contribution in [2.45, 2.75) is 88.6 Å². The molecule has 2 aliphatic heterocycles. The van der Waals surface area contributed by atoms with E-state index in [1.54, 1.807) is 7.11 Å². The lowest BCUT2D eigenvalue weighted by Crippen LogP contribution is -2.75. The Bertz CT molecular complexity index is 905. The molecular formula is C26H37NO4. The van der Waals surface area contributed by atoms with Gasteiger partial charge in [-0.15, -0.1) is 0 Å². The molecule has 2 bridgehead atoms. The van der Waals surface area contributed by atoms with Gasteiger partial charge in [-0.25, -0.2) is 0 Å². The molecule has 0 radical (unpaired) electrons. The normalized spacial score (nSPS) is 41.1. The molecule has 3 aliphatic carbocycles. The smallest absolute Gasteiger partial charge is 0.165 e. The molecule has 0 aromatic heterocycles. The molecule has 1 aromatic rings. The van der Waals surface area contributed by atoms with Crippen LogP contribution in [0.3, 0.4) is 0 Å². The van der Waals surface area contributed by atoms with Gasteiger partial charge in [0, 0.05) is 36.6 Å². The molecule has 1 saturated heterocycles. The molecule has 1 spiro atoms. The Morgan fingerprint density at radius 2 is 2.06 bits per heavy atom. The van der Waals surface area contributed by atoms with Crippen molar-refractivity contribution in [3.63, 3.8) is 0 Å². The second-order valence-electron chi connectivity index (χ2n) is 11.5. The number of methoxy groups -OCH3 is 1. The number of hydrogen-bond acceptors (Lipinski definition) is 5. The Hall–Kier alpha value is -1.30. The lowest BCUT2D eigenvalue weighted by molar-refractivity contribution is -0.218. The van der Waals surface area contributed by atoms with Crippen LogP contribution in [0.1, 0.15) is 64.0 Å². The Labute approximate surface area is 185 Å². The summed E-state index contributed by atoms with van der Waals surface area (Å²) in [5.41, 5.74) is 1.60. The van der Waals surface area contributed by atoms with Gasteiger partial charge in [0.05, 0.1) is 5.60 Å². The van der Waals surface area contributed by atoms with E-state index in [0.717, 1.165) is 38.1 Å². The Morgan fingerprint density at radius 3 is 2.71 bits per heavy atom. The number of phenolic OH excluding ortho intramolecular Hbond substituents is 1. The van der Waals surface area contributed by atoms with Crippen molar-refractivity contribution in [3.05, 3.63) is 23.3 Å². The van der Waals surface area contributed by atoms with Crippen LogP contribution in [-0.2, 0) is 16.6 Å². The topological polar surface area (TPSA) is 62.2 Å². The summed E-state index contributed by atoms with van der Waals surface area (Å²) in [5.74, 6) is 1.78. The fourth-order valence-corrected chi connectivity index (χ4v) is 8.34. The lowest BCUT2D eigenvalue weighted by Gasteiger charge is -2.68. The Balaban J connectivity index is 1.59. The first-order valence-electron chi connectivity index (χ1n) is 12.3. The summed E-state index contributed by atoms with van der Waals surface area (Å²) in [4.78, 5) is 2.78. The Kier molecular flexibility index (Phi) is 4.19. The van der Waals surface area contributed by atoms with Crippen LogP contribution in [0.25, 0.3) is 0 Å². The molecule has 0 amide bonds. The molecule has 6 rings (SSSR count). The first-order valence-corrected chi connectivity index (χ1v) is 12.3. The minimum absolute atomic E-state index is 0.0105. The summed E-state index contributed by atoms with van der Waals surface area (Å²) in [7, 11) is 1.76. The molecule has 6 unspecified atom stereocenters. The predicted octanol–water partition coefficient (Wildman–Crippen LogP) is 3.63. The second kappa shape index (κ2) is 6.39. The van der Waals surface area contributed by atoms with Crippen LogP contribution in [0.4, 0.5) is 0 Å². The van der Waals surface area contributed by atoms with Crippen molar-refractivity contribution in [1.82, 2.24) is 4.90 Å². The number of rotatable bonds is 5. The number of aromatic hydroxyl groups is 1. The fourth-order valence-electron chi connectivity index (χ4n) is 8.34. The number of likely N-dealkylation sites (tertiary alicyclic amines) is 1. The van der Waals surface area contributed by atoms with Crippen LogP contribution in [0.5, 0.6) is 11.5 Å². The number of nitrogens with zero attached hydrogens (tertiary/aromatic N) is 1. The summed E-state index contributed by atoms with van der Waals surface area (Å²) >= 11 is 0. The van der Waals surface area contributed by atoms with E-state index in [2.05, 4.69) is 17.9 Å². The van der Waals surface area contributed by atoms with Crippen LogP contribution in [-0.4, -0.2) is 59.2 Å². The zero-order valence-electron chi connectivity index (χ0n) is 19.4. The molecule has 3 fully saturated rings. The van der Waals surface area contributed by atoms with Gasteiger partial charge < -0.3 is 19.7 Å². The van der Waals surface area contributed by atoms with Gasteiger partial charge in [-0.3, -0.25) is 4.90 Å². The maximum Gasteiger partial charge on any atom is 0.165 e. The van der Waals surface area contributed by atoms with Crippen molar-refractivity contribution >= 4 is 0 Å². The van der Waals surface area contributed by atoms with Crippen LogP contribution in [0, 0.1) is 17.3 Å². The van der Waals surface area contributed by atoms with Gasteiger partial charge in [-0.1, -0.05) is 13.0 Å². The molecule has 6 atom stereocenters. The van der Waals surface area contributed by atoms with Gasteiger partial charge in [0.1, 0.15) is 12.2 Å². The van der Waals surface area contributed by atoms with E-state index in [1.807, 2.05) is 19.9 Å². The average molecular weight is 428 g/mol. The van der Waals surface area contributed by atoms with Gasteiger partial charge >= 0.3 is 0 Å². The van der Waals surface area contributed by atoms with Gasteiger partial charge in [0.15, 0.2) is 11.5 Å². The molecule has 5 aliphatic rings. The van der Waals surface area contributed by atoms with Crippen molar-refractivity contribution in [1.29, 1.82) is 0 Å². The molecule has 2 saturated carbocycles. The highest BCUT2D eigenvalue weighted by Crippen LogP contribution is 2.71. The lowest BCUT2D eigenvalue weighted by atomic mass is 9.40. The summed E-state index contributed by atoms with van der Waals surface area (Å²) in [6.45, 7) is 8.48. The standard InChI is InChI=1S/C26H37NO4/c1-5-25-13-17(24(2,3)29)21(30-4)23-26(25)10-11-27(14-15-6-7-15)19(25)12-16-8-9-18(28)22(31-23)20(16)26/h8-9,15,17,19,21,23,28-29H,5-7,10-14H2,1-4H3. The molecule has 31 heavy (non-hydrogen) atoms. The maximum atomic E-state index is 11.3. The fraction of sp³-hybridized carbons (Fsp3) is 0.769. The van der Waals surface area contributed by atoms with E-state index in [4.69, 9.17) is 9.47 Å². The summed E-state index contributed by atoms with van der Waals surface area (Å²) in [5, 5.41) is 22.1. The third-order valence-corrected chi connectivity index (χ3v) is 9.85. The summed E-state index contributed by atoms with van der Waals surface area (Å²) in [6.07, 6.45) is 6.40. The number of hydrogen-bond donors (Lipinski definition) is 2. The van der Waals surface area contributed by atoms with Crippen molar-refractivity contribution in [2.24, 2.45) is 17.3 Å². The number of benzene rings is 1. The van der Waals surface area contributed by atoms with Gasteiger partial charge in [-0.05, 0) is 81.9 Å². The van der Waals surface area contributed by atoms with Crippen LogP contribution >= 0.6 is 0 Å². The molecular weight excluding hydrogens is 390 g/mol. The SMILES string of the molecule is CCC12CC(C(C)(C)O)C(OC)C3Oc4c(O)ccc5c4C31CCN(CC1CC1)C2C5. The minimum atomic E-state index is -0.861. The third-order valence-electron chi connectivity index (χ3n) is 9.85. The van der Waals surface area contributed by atoms with E-state index in [-0.39, 0.29) is 34.7 Å². The van der Waals surface area contributed by atoms with E-state index < -0.39 is 5.60 Å². The predicted molar refractivity (Wildman–Crippen MR) is 119 cm³/mol. The first kappa shape index (κ1) is 20.3. The monoisotopic (exact) mass is 427 g/mol. The van der Waals surface area contributed by atoms with E-state index in [9.17, 15) is 10.2 Å².